The van der Waals surface area contributed by atoms with Crippen LogP contribution in [0.4, 0.5) is 0 Å². The Morgan fingerprint density at radius 1 is 1.00 bits per heavy atom. The summed E-state index contributed by atoms with van der Waals surface area (Å²) >= 11 is 0. The highest BCUT2D eigenvalue weighted by Crippen LogP contribution is 2.45. The fourth-order valence-corrected chi connectivity index (χ4v) is 5.97. The van der Waals surface area contributed by atoms with Crippen molar-refractivity contribution in [1.82, 2.24) is 15.2 Å². The second kappa shape index (κ2) is 9.77. The lowest BCUT2D eigenvalue weighted by molar-refractivity contribution is -0.122. The van der Waals surface area contributed by atoms with E-state index in [0.29, 0.717) is 5.56 Å². The van der Waals surface area contributed by atoms with E-state index in [4.69, 9.17) is 4.74 Å². The minimum Gasteiger partial charge on any atom is -0.497 e. The average Bonchev–Trinajstić information content (AvgIpc) is 3.44. The Kier molecular flexibility index (Phi) is 6.16. The molecule has 2 heterocycles. The van der Waals surface area contributed by atoms with Crippen LogP contribution in [0.5, 0.6) is 5.75 Å². The van der Waals surface area contributed by atoms with Crippen molar-refractivity contribution in [3.05, 3.63) is 89.5 Å². The van der Waals surface area contributed by atoms with Crippen LogP contribution in [0.15, 0.2) is 72.8 Å². The average molecular weight is 494 g/mol. The largest absolute Gasteiger partial charge is 0.497 e. The first-order chi connectivity index (χ1) is 18.1. The molecule has 3 aromatic carbocycles. The number of nitrogens with one attached hydrogen (secondary N) is 2. The van der Waals surface area contributed by atoms with Crippen molar-refractivity contribution in [3.8, 4) is 17.0 Å². The minimum absolute atomic E-state index is 0.0196. The number of hydrogen-bond acceptors (Lipinski definition) is 3. The number of benzene rings is 3. The van der Waals surface area contributed by atoms with E-state index in [-0.39, 0.29) is 24.4 Å². The van der Waals surface area contributed by atoms with Gasteiger partial charge >= 0.3 is 0 Å². The summed E-state index contributed by atoms with van der Waals surface area (Å²) in [5.74, 6) is 0.552. The van der Waals surface area contributed by atoms with Crippen LogP contribution < -0.4 is 10.1 Å². The molecule has 0 spiro atoms. The van der Waals surface area contributed by atoms with Gasteiger partial charge in [-0.25, -0.2) is 0 Å². The molecule has 188 valence electrons. The van der Waals surface area contributed by atoms with Gasteiger partial charge in [0.1, 0.15) is 12.3 Å². The molecule has 6 rings (SSSR count). The lowest BCUT2D eigenvalue weighted by Gasteiger charge is -2.28. The zero-order valence-corrected chi connectivity index (χ0v) is 21.0. The molecule has 1 aliphatic carbocycles. The molecule has 1 fully saturated rings. The molecule has 37 heavy (non-hydrogen) atoms. The maximum Gasteiger partial charge on any atom is 0.255 e. The maximum atomic E-state index is 13.7. The number of rotatable bonds is 6. The van der Waals surface area contributed by atoms with Crippen molar-refractivity contribution >= 4 is 22.7 Å². The van der Waals surface area contributed by atoms with Crippen molar-refractivity contribution in [1.29, 1.82) is 0 Å². The second-order valence-corrected chi connectivity index (χ2v) is 10.0. The molecule has 1 saturated carbocycles. The molecule has 1 atom stereocenters. The number of methoxy groups -OCH3 is 1. The molecular formula is C31H31N3O3. The van der Waals surface area contributed by atoms with Crippen molar-refractivity contribution in [3.63, 3.8) is 0 Å². The first kappa shape index (κ1) is 23.3. The molecule has 6 heteroatoms. The molecule has 2 N–H and O–H groups in total. The Hall–Kier alpha value is -4.06. The van der Waals surface area contributed by atoms with Crippen molar-refractivity contribution in [2.24, 2.45) is 0 Å². The van der Waals surface area contributed by atoms with E-state index in [1.165, 1.54) is 6.42 Å². The number of amides is 2. The SMILES string of the molecule is COc1cccc(-c2[nH]c3ccccc3c2[C@@H]2c3ccccc3C(=O)N2CC(=O)NC2CCCCC2)c1. The monoisotopic (exact) mass is 493 g/mol. The van der Waals surface area contributed by atoms with Gasteiger partial charge in [-0.05, 0) is 42.7 Å². The van der Waals surface area contributed by atoms with Crippen molar-refractivity contribution in [2.75, 3.05) is 13.7 Å². The third kappa shape index (κ3) is 4.26. The predicted molar refractivity (Wildman–Crippen MR) is 145 cm³/mol. The summed E-state index contributed by atoms with van der Waals surface area (Å²) in [4.78, 5) is 32.3. The van der Waals surface area contributed by atoms with Gasteiger partial charge in [0.05, 0.1) is 18.8 Å². The van der Waals surface area contributed by atoms with Gasteiger partial charge in [-0.1, -0.05) is 67.8 Å². The van der Waals surface area contributed by atoms with Crippen LogP contribution in [-0.4, -0.2) is 41.4 Å². The van der Waals surface area contributed by atoms with E-state index >= 15 is 0 Å². The van der Waals surface area contributed by atoms with Crippen LogP contribution in [0.25, 0.3) is 22.2 Å². The van der Waals surface area contributed by atoms with Crippen molar-refractivity contribution in [2.45, 2.75) is 44.2 Å². The maximum absolute atomic E-state index is 13.7. The number of nitrogens with zero attached hydrogens (tertiary/aromatic N) is 1. The van der Waals surface area contributed by atoms with Gasteiger partial charge in [-0.3, -0.25) is 9.59 Å². The highest BCUT2D eigenvalue weighted by molar-refractivity contribution is 6.03. The summed E-state index contributed by atoms with van der Waals surface area (Å²) < 4.78 is 5.50. The Labute approximate surface area is 216 Å². The molecule has 0 saturated heterocycles. The summed E-state index contributed by atoms with van der Waals surface area (Å²) in [6.07, 6.45) is 5.52. The van der Waals surface area contributed by atoms with Gasteiger partial charge in [0, 0.05) is 33.6 Å². The number of carbonyl (C=O) groups is 2. The number of carbonyl (C=O) groups excluding carboxylic acids is 2. The number of para-hydroxylation sites is 1. The van der Waals surface area contributed by atoms with E-state index in [1.807, 2.05) is 66.7 Å². The molecule has 0 unspecified atom stereocenters. The normalized spacial score (nSPS) is 17.7. The van der Waals surface area contributed by atoms with Gasteiger partial charge in [0.25, 0.3) is 5.91 Å². The molecule has 2 amide bonds. The van der Waals surface area contributed by atoms with Gasteiger partial charge < -0.3 is 19.9 Å². The molecule has 0 bridgehead atoms. The fourth-order valence-electron chi connectivity index (χ4n) is 5.97. The zero-order chi connectivity index (χ0) is 25.4. The lowest BCUT2D eigenvalue weighted by Crippen LogP contribution is -2.44. The van der Waals surface area contributed by atoms with E-state index in [2.05, 4.69) is 16.4 Å². The summed E-state index contributed by atoms with van der Waals surface area (Å²) in [6.45, 7) is 0.0196. The predicted octanol–water partition coefficient (Wildman–Crippen LogP) is 5.84. The van der Waals surface area contributed by atoms with Crippen LogP contribution in [0, 0.1) is 0 Å². The van der Waals surface area contributed by atoms with E-state index in [0.717, 1.165) is 64.7 Å². The molecule has 6 nitrogen and oxygen atoms in total. The lowest BCUT2D eigenvalue weighted by atomic mass is 9.93. The number of fused-ring (bicyclic) bond motifs is 2. The number of aromatic nitrogens is 1. The zero-order valence-electron chi connectivity index (χ0n) is 21.0. The van der Waals surface area contributed by atoms with E-state index in [9.17, 15) is 9.59 Å². The quantitative estimate of drug-likeness (QED) is 0.355. The van der Waals surface area contributed by atoms with Gasteiger partial charge in [-0.2, -0.15) is 0 Å². The Morgan fingerprint density at radius 2 is 1.78 bits per heavy atom. The molecular weight excluding hydrogens is 462 g/mol. The number of H-pyrrole nitrogens is 1. The van der Waals surface area contributed by atoms with Gasteiger partial charge in [0.15, 0.2) is 0 Å². The number of aromatic amines is 1. The third-order valence-electron chi connectivity index (χ3n) is 7.72. The molecule has 1 aromatic heterocycles. The summed E-state index contributed by atoms with van der Waals surface area (Å²) in [5, 5.41) is 4.24. The van der Waals surface area contributed by atoms with E-state index in [1.54, 1.807) is 12.0 Å². The molecule has 1 aliphatic heterocycles. The first-order valence-electron chi connectivity index (χ1n) is 13.1. The Bertz CT molecular complexity index is 1470. The summed E-state index contributed by atoms with van der Waals surface area (Å²) in [5.41, 5.74) is 5.44. The summed E-state index contributed by atoms with van der Waals surface area (Å²) in [6, 6.07) is 23.6. The van der Waals surface area contributed by atoms with Crippen molar-refractivity contribution < 1.29 is 14.3 Å². The van der Waals surface area contributed by atoms with Crippen LogP contribution >= 0.6 is 0 Å². The van der Waals surface area contributed by atoms with Crippen LogP contribution in [0.1, 0.15) is 59.6 Å². The van der Waals surface area contributed by atoms with Gasteiger partial charge in [-0.15, -0.1) is 0 Å². The fraction of sp³-hybridized carbons (Fsp3) is 0.290. The second-order valence-electron chi connectivity index (χ2n) is 10.0. The number of hydrogen-bond donors (Lipinski definition) is 2. The number of ether oxygens (including phenoxy) is 1. The standard InChI is InChI=1S/C31H31N3O3/c1-37-22-13-9-10-20(18-22)29-28(25-16-7-8-17-26(25)33-29)30-23-14-5-6-15-24(23)31(36)34(30)19-27(35)32-21-11-3-2-4-12-21/h5-10,13-18,21,30,33H,2-4,11-12,19H2,1H3,(H,32,35)/t30-/m0/s1. The molecule has 0 radical (unpaired) electrons. The van der Waals surface area contributed by atoms with Crippen LogP contribution in [-0.2, 0) is 4.79 Å². The first-order valence-corrected chi connectivity index (χ1v) is 13.1. The topological polar surface area (TPSA) is 74.4 Å². The smallest absolute Gasteiger partial charge is 0.255 e. The molecule has 4 aromatic rings. The Morgan fingerprint density at radius 3 is 2.62 bits per heavy atom. The Balaban J connectivity index is 1.46. The van der Waals surface area contributed by atoms with Gasteiger partial charge in [0.2, 0.25) is 5.91 Å². The summed E-state index contributed by atoms with van der Waals surface area (Å²) in [7, 11) is 1.66. The minimum atomic E-state index is -0.391. The highest BCUT2D eigenvalue weighted by Gasteiger charge is 2.41. The van der Waals surface area contributed by atoms with Crippen LogP contribution in [0.3, 0.4) is 0 Å². The molecule has 2 aliphatic rings. The third-order valence-corrected chi connectivity index (χ3v) is 7.72. The highest BCUT2D eigenvalue weighted by atomic mass is 16.5. The van der Waals surface area contributed by atoms with E-state index < -0.39 is 6.04 Å². The van der Waals surface area contributed by atoms with Crippen LogP contribution in [0.2, 0.25) is 0 Å².